The number of anilines is 1. The molecule has 2 aromatic rings. The fraction of sp³-hybridized carbons (Fsp3) is 0.176. The third-order valence-corrected chi connectivity index (χ3v) is 3.87. The minimum atomic E-state index is -0.693. The zero-order valence-corrected chi connectivity index (χ0v) is 14.4. The predicted molar refractivity (Wildman–Crippen MR) is 90.4 cm³/mol. The summed E-state index contributed by atoms with van der Waals surface area (Å²) in [7, 11) is 0. The van der Waals surface area contributed by atoms with Crippen LogP contribution in [0.3, 0.4) is 0 Å². The van der Waals surface area contributed by atoms with Crippen LogP contribution in [0.25, 0.3) is 0 Å². The van der Waals surface area contributed by atoms with Crippen molar-refractivity contribution in [3.8, 4) is 5.75 Å². The molecule has 1 amide bonds. The summed E-state index contributed by atoms with van der Waals surface area (Å²) in [6, 6.07) is 10.6. The lowest BCUT2D eigenvalue weighted by atomic mass is 10.2. The van der Waals surface area contributed by atoms with Gasteiger partial charge in [0.1, 0.15) is 11.6 Å². The van der Waals surface area contributed by atoms with Crippen LogP contribution >= 0.6 is 15.9 Å². The number of amides is 1. The molecule has 0 aliphatic carbocycles. The summed E-state index contributed by atoms with van der Waals surface area (Å²) in [5.74, 6) is -1.21. The Bertz CT molecular complexity index is 734. The first-order chi connectivity index (χ1) is 11.4. The maximum absolute atomic E-state index is 12.7. The van der Waals surface area contributed by atoms with Gasteiger partial charge in [0, 0.05) is 10.2 Å². The van der Waals surface area contributed by atoms with Crippen LogP contribution in [-0.2, 0) is 14.3 Å². The van der Waals surface area contributed by atoms with Crippen LogP contribution in [0, 0.1) is 12.7 Å². The zero-order chi connectivity index (χ0) is 17.5. The molecule has 0 saturated heterocycles. The predicted octanol–water partition coefficient (Wildman–Crippen LogP) is 3.46. The van der Waals surface area contributed by atoms with Crippen LogP contribution in [0.4, 0.5) is 10.1 Å². The normalized spacial score (nSPS) is 10.1. The first-order valence-corrected chi connectivity index (χ1v) is 7.83. The average Bonchev–Trinajstić information content (AvgIpc) is 2.56. The van der Waals surface area contributed by atoms with Crippen molar-refractivity contribution >= 4 is 33.5 Å². The van der Waals surface area contributed by atoms with E-state index in [-0.39, 0.29) is 6.61 Å². The van der Waals surface area contributed by atoms with Crippen LogP contribution in [0.15, 0.2) is 46.9 Å². The maximum Gasteiger partial charge on any atom is 0.344 e. The van der Waals surface area contributed by atoms with Gasteiger partial charge >= 0.3 is 5.97 Å². The summed E-state index contributed by atoms with van der Waals surface area (Å²) in [6.45, 7) is 1.11. The number of halogens is 2. The molecule has 0 bridgehead atoms. The summed E-state index contributed by atoms with van der Waals surface area (Å²) in [4.78, 5) is 23.3. The van der Waals surface area contributed by atoms with Gasteiger partial charge in [0.05, 0.1) is 0 Å². The summed E-state index contributed by atoms with van der Waals surface area (Å²) in [5.41, 5.74) is 1.58. The molecule has 1 N–H and O–H groups in total. The van der Waals surface area contributed by atoms with Crippen LogP contribution < -0.4 is 10.1 Å². The molecule has 0 fully saturated rings. The molecule has 0 spiro atoms. The Morgan fingerprint density at radius 2 is 1.83 bits per heavy atom. The van der Waals surface area contributed by atoms with Gasteiger partial charge in [0.2, 0.25) is 0 Å². The Hall–Kier alpha value is -2.41. The van der Waals surface area contributed by atoms with Crippen molar-refractivity contribution in [2.75, 3.05) is 18.5 Å². The average molecular weight is 396 g/mol. The first kappa shape index (κ1) is 17.9. The van der Waals surface area contributed by atoms with Gasteiger partial charge < -0.3 is 14.8 Å². The van der Waals surface area contributed by atoms with E-state index in [0.29, 0.717) is 11.4 Å². The quantitative estimate of drug-likeness (QED) is 0.760. The van der Waals surface area contributed by atoms with Crippen molar-refractivity contribution in [1.82, 2.24) is 0 Å². The monoisotopic (exact) mass is 395 g/mol. The van der Waals surface area contributed by atoms with Crippen molar-refractivity contribution in [2.24, 2.45) is 0 Å². The Labute approximate surface area is 146 Å². The van der Waals surface area contributed by atoms with Gasteiger partial charge in [-0.05, 0) is 55.0 Å². The Balaban J connectivity index is 1.73. The number of carbonyl (C=O) groups is 2. The molecule has 0 radical (unpaired) electrons. The summed E-state index contributed by atoms with van der Waals surface area (Å²) >= 11 is 3.37. The topological polar surface area (TPSA) is 64.6 Å². The molecule has 7 heteroatoms. The Kier molecular flexibility index (Phi) is 6.31. The molecule has 0 aliphatic heterocycles. The third-order valence-electron chi connectivity index (χ3n) is 2.98. The van der Waals surface area contributed by atoms with Gasteiger partial charge in [0.15, 0.2) is 13.2 Å². The SMILES string of the molecule is Cc1cc(NC(=O)COC(=O)COc2ccc(F)cc2)ccc1Br. The van der Waals surface area contributed by atoms with Crippen LogP contribution in [0.5, 0.6) is 5.75 Å². The first-order valence-electron chi connectivity index (χ1n) is 7.04. The van der Waals surface area contributed by atoms with Gasteiger partial charge in [-0.3, -0.25) is 4.79 Å². The van der Waals surface area contributed by atoms with E-state index in [1.807, 2.05) is 13.0 Å². The van der Waals surface area contributed by atoms with Gasteiger partial charge in [-0.15, -0.1) is 0 Å². The number of rotatable bonds is 6. The van der Waals surface area contributed by atoms with Crippen LogP contribution in [0.1, 0.15) is 5.56 Å². The maximum atomic E-state index is 12.7. The van der Waals surface area contributed by atoms with E-state index in [0.717, 1.165) is 10.0 Å². The molecule has 0 aliphatic rings. The van der Waals surface area contributed by atoms with Gasteiger partial charge in [-0.1, -0.05) is 15.9 Å². The van der Waals surface area contributed by atoms with Crippen molar-refractivity contribution < 1.29 is 23.5 Å². The molecule has 0 aromatic heterocycles. The molecule has 0 heterocycles. The van der Waals surface area contributed by atoms with Crippen LogP contribution in [0.2, 0.25) is 0 Å². The number of ether oxygens (including phenoxy) is 2. The van der Waals surface area contributed by atoms with E-state index in [2.05, 4.69) is 21.2 Å². The highest BCUT2D eigenvalue weighted by molar-refractivity contribution is 9.10. The number of hydrogen-bond donors (Lipinski definition) is 1. The Morgan fingerprint density at radius 3 is 2.50 bits per heavy atom. The molecule has 0 atom stereocenters. The molecule has 5 nitrogen and oxygen atoms in total. The van der Waals surface area contributed by atoms with Crippen molar-refractivity contribution in [3.63, 3.8) is 0 Å². The molecule has 24 heavy (non-hydrogen) atoms. The highest BCUT2D eigenvalue weighted by atomic mass is 79.9. The van der Waals surface area contributed by atoms with E-state index >= 15 is 0 Å². The van der Waals surface area contributed by atoms with Gasteiger partial charge in [0.25, 0.3) is 5.91 Å². The second-order valence-electron chi connectivity index (χ2n) is 4.92. The molecule has 0 unspecified atom stereocenters. The fourth-order valence-electron chi connectivity index (χ4n) is 1.78. The molecular weight excluding hydrogens is 381 g/mol. The second kappa shape index (κ2) is 8.44. The van der Waals surface area contributed by atoms with Crippen molar-refractivity contribution in [1.29, 1.82) is 0 Å². The molecule has 2 aromatic carbocycles. The summed E-state index contributed by atoms with van der Waals surface area (Å²) in [5, 5.41) is 2.63. The molecule has 2 rings (SSSR count). The standard InChI is InChI=1S/C17H15BrFNO4/c1-11-8-13(4-7-15(11)18)20-16(21)9-24-17(22)10-23-14-5-2-12(19)3-6-14/h2-8H,9-10H2,1H3,(H,20,21). The summed E-state index contributed by atoms with van der Waals surface area (Å²) < 4.78 is 23.6. The van der Waals surface area contributed by atoms with Crippen LogP contribution in [-0.4, -0.2) is 25.1 Å². The van der Waals surface area contributed by atoms with E-state index in [9.17, 15) is 14.0 Å². The number of hydrogen-bond acceptors (Lipinski definition) is 4. The zero-order valence-electron chi connectivity index (χ0n) is 12.8. The lowest BCUT2D eigenvalue weighted by Crippen LogP contribution is -2.23. The number of nitrogens with one attached hydrogen (secondary N) is 1. The second-order valence-corrected chi connectivity index (χ2v) is 5.77. The third kappa shape index (κ3) is 5.66. The smallest absolute Gasteiger partial charge is 0.344 e. The molecule has 126 valence electrons. The van der Waals surface area contributed by atoms with Gasteiger partial charge in [-0.25, -0.2) is 9.18 Å². The van der Waals surface area contributed by atoms with Gasteiger partial charge in [-0.2, -0.15) is 0 Å². The fourth-order valence-corrected chi connectivity index (χ4v) is 2.03. The largest absolute Gasteiger partial charge is 0.482 e. The lowest BCUT2D eigenvalue weighted by Gasteiger charge is -2.09. The minimum Gasteiger partial charge on any atom is -0.482 e. The van der Waals surface area contributed by atoms with E-state index in [1.54, 1.807) is 12.1 Å². The Morgan fingerprint density at radius 1 is 1.12 bits per heavy atom. The van der Waals surface area contributed by atoms with Crippen molar-refractivity contribution in [3.05, 3.63) is 58.3 Å². The number of esters is 1. The van der Waals surface area contributed by atoms with Crippen molar-refractivity contribution in [2.45, 2.75) is 6.92 Å². The number of aryl methyl sites for hydroxylation is 1. The molecule has 0 saturated carbocycles. The number of benzene rings is 2. The minimum absolute atomic E-state index is 0.336. The lowest BCUT2D eigenvalue weighted by molar-refractivity contribution is -0.149. The molecular formula is C17H15BrFNO4. The number of carbonyl (C=O) groups excluding carboxylic acids is 2. The van der Waals surface area contributed by atoms with E-state index < -0.39 is 24.3 Å². The van der Waals surface area contributed by atoms with E-state index in [1.165, 1.54) is 24.3 Å². The highest BCUT2D eigenvalue weighted by Gasteiger charge is 2.09. The van der Waals surface area contributed by atoms with E-state index in [4.69, 9.17) is 9.47 Å². The summed E-state index contributed by atoms with van der Waals surface area (Å²) in [6.07, 6.45) is 0. The highest BCUT2D eigenvalue weighted by Crippen LogP contribution is 2.19.